The van der Waals surface area contributed by atoms with Crippen molar-refractivity contribution in [1.29, 1.82) is 0 Å². The maximum Gasteiger partial charge on any atom is 0.267 e. The van der Waals surface area contributed by atoms with Crippen LogP contribution >= 0.6 is 0 Å². The van der Waals surface area contributed by atoms with Gasteiger partial charge in [0.05, 0.1) is 5.69 Å². The van der Waals surface area contributed by atoms with Crippen molar-refractivity contribution >= 4 is 22.0 Å². The molecule has 3 rings (SSSR count). The molecule has 0 unspecified atom stereocenters. The van der Waals surface area contributed by atoms with E-state index in [0.717, 1.165) is 32.7 Å². The van der Waals surface area contributed by atoms with Gasteiger partial charge in [0.15, 0.2) is 0 Å². The Balaban J connectivity index is 1.72. The summed E-state index contributed by atoms with van der Waals surface area (Å²) in [5.41, 5.74) is 0.519. The lowest BCUT2D eigenvalue weighted by Crippen LogP contribution is -2.47. The van der Waals surface area contributed by atoms with Gasteiger partial charge >= 0.3 is 0 Å². The number of para-hydroxylation sites is 1. The van der Waals surface area contributed by atoms with Crippen LogP contribution in [-0.2, 0) is 10.0 Å². The number of aliphatic imine (C=N–C) groups is 1. The van der Waals surface area contributed by atoms with E-state index in [-0.39, 0.29) is 0 Å². The predicted molar refractivity (Wildman–Crippen MR) is 77.8 cm³/mol. The number of nitrogens with zero attached hydrogens (tertiary/aromatic N) is 3. The first-order valence-electron chi connectivity index (χ1n) is 6.76. The summed E-state index contributed by atoms with van der Waals surface area (Å²) >= 11 is 0. The number of sulfonamides is 1. The highest BCUT2D eigenvalue weighted by atomic mass is 32.2. The molecule has 7 heteroatoms. The molecule has 2 aliphatic heterocycles. The van der Waals surface area contributed by atoms with E-state index < -0.39 is 10.0 Å². The summed E-state index contributed by atoms with van der Waals surface area (Å²) in [6, 6.07) is 6.85. The van der Waals surface area contributed by atoms with Crippen molar-refractivity contribution in [2.75, 3.05) is 39.3 Å². The number of nitrogens with one attached hydrogen (secondary N) is 1. The molecule has 1 N–H and O–H groups in total. The second-order valence-electron chi connectivity index (χ2n) is 4.92. The monoisotopic (exact) mass is 294 g/mol. The largest absolute Gasteiger partial charge is 0.314 e. The third-order valence-electron chi connectivity index (χ3n) is 3.62. The topological polar surface area (TPSA) is 65.0 Å². The van der Waals surface area contributed by atoms with Gasteiger partial charge in [0.2, 0.25) is 0 Å². The van der Waals surface area contributed by atoms with E-state index in [4.69, 9.17) is 0 Å². The van der Waals surface area contributed by atoms with E-state index in [0.29, 0.717) is 17.1 Å². The van der Waals surface area contributed by atoms with Crippen molar-refractivity contribution in [3.05, 3.63) is 24.3 Å². The molecule has 0 amide bonds. The molecule has 1 saturated heterocycles. The smallest absolute Gasteiger partial charge is 0.267 e. The number of piperazine rings is 1. The third kappa shape index (κ3) is 2.56. The molecule has 0 aromatic heterocycles. The lowest BCUT2D eigenvalue weighted by molar-refractivity contribution is 0.235. The summed E-state index contributed by atoms with van der Waals surface area (Å²) in [4.78, 5) is 6.78. The van der Waals surface area contributed by atoms with Crippen LogP contribution in [0.5, 0.6) is 0 Å². The first-order chi connectivity index (χ1) is 9.68. The van der Waals surface area contributed by atoms with Gasteiger partial charge in [-0.1, -0.05) is 12.1 Å². The van der Waals surface area contributed by atoms with Crippen molar-refractivity contribution < 1.29 is 8.42 Å². The molecule has 1 aromatic rings. The highest BCUT2D eigenvalue weighted by Gasteiger charge is 2.28. The molecule has 0 saturated carbocycles. The Labute approximate surface area is 119 Å². The van der Waals surface area contributed by atoms with E-state index in [1.807, 2.05) is 0 Å². The number of benzene rings is 1. The Kier molecular flexibility index (Phi) is 3.73. The zero-order valence-electron chi connectivity index (χ0n) is 11.2. The third-order valence-corrected chi connectivity index (χ3v) is 5.42. The molecule has 0 radical (unpaired) electrons. The van der Waals surface area contributed by atoms with Crippen LogP contribution < -0.4 is 5.32 Å². The van der Waals surface area contributed by atoms with Crippen LogP contribution in [-0.4, -0.2) is 63.2 Å². The van der Waals surface area contributed by atoms with Gasteiger partial charge in [-0.05, 0) is 12.1 Å². The molecule has 0 atom stereocenters. The molecule has 0 spiro atoms. The van der Waals surface area contributed by atoms with Crippen LogP contribution in [0.15, 0.2) is 34.2 Å². The van der Waals surface area contributed by atoms with E-state index in [1.165, 1.54) is 10.6 Å². The second-order valence-corrected chi connectivity index (χ2v) is 6.78. The Hall–Kier alpha value is -1.44. The van der Waals surface area contributed by atoms with Gasteiger partial charge in [-0.25, -0.2) is 13.4 Å². The SMILES string of the molecule is O=S1(=O)c2ccccc2N=CN1CCN1CCNCC1. The zero-order chi connectivity index (χ0) is 14.0. The molecular weight excluding hydrogens is 276 g/mol. The van der Waals surface area contributed by atoms with Gasteiger partial charge in [-0.15, -0.1) is 0 Å². The van der Waals surface area contributed by atoms with Crippen LogP contribution in [0.25, 0.3) is 0 Å². The average molecular weight is 294 g/mol. The summed E-state index contributed by atoms with van der Waals surface area (Å²) < 4.78 is 26.3. The van der Waals surface area contributed by atoms with Gasteiger partial charge in [-0.2, -0.15) is 0 Å². The van der Waals surface area contributed by atoms with Crippen molar-refractivity contribution in [2.24, 2.45) is 4.99 Å². The maximum atomic E-state index is 12.5. The van der Waals surface area contributed by atoms with Crippen molar-refractivity contribution in [2.45, 2.75) is 4.90 Å². The molecule has 2 aliphatic rings. The van der Waals surface area contributed by atoms with Gasteiger partial charge in [0.25, 0.3) is 10.0 Å². The Bertz CT molecular complexity index is 609. The summed E-state index contributed by atoms with van der Waals surface area (Å²) in [6.45, 7) is 5.02. The summed E-state index contributed by atoms with van der Waals surface area (Å²) in [5, 5.41) is 3.28. The average Bonchev–Trinajstić information content (AvgIpc) is 2.48. The van der Waals surface area contributed by atoms with Crippen molar-refractivity contribution in [3.63, 3.8) is 0 Å². The number of hydrogen-bond acceptors (Lipinski definition) is 5. The minimum absolute atomic E-state index is 0.294. The maximum absolute atomic E-state index is 12.5. The van der Waals surface area contributed by atoms with Crippen LogP contribution in [0.4, 0.5) is 5.69 Å². The molecule has 1 aromatic carbocycles. The lowest BCUT2D eigenvalue weighted by atomic mass is 10.3. The van der Waals surface area contributed by atoms with Crippen LogP contribution in [0.1, 0.15) is 0 Å². The molecular formula is C13H18N4O2S. The minimum atomic E-state index is -3.44. The van der Waals surface area contributed by atoms with Crippen LogP contribution in [0.2, 0.25) is 0 Å². The minimum Gasteiger partial charge on any atom is -0.314 e. The van der Waals surface area contributed by atoms with Gasteiger partial charge in [-0.3, -0.25) is 9.21 Å². The predicted octanol–water partition coefficient (Wildman–Crippen LogP) is 0.256. The number of hydrogen-bond donors (Lipinski definition) is 1. The fourth-order valence-corrected chi connectivity index (χ4v) is 3.83. The molecule has 2 heterocycles. The van der Waals surface area contributed by atoms with E-state index in [1.54, 1.807) is 24.3 Å². The Morgan fingerprint density at radius 1 is 1.15 bits per heavy atom. The summed E-state index contributed by atoms with van der Waals surface area (Å²) in [5.74, 6) is 0. The van der Waals surface area contributed by atoms with E-state index >= 15 is 0 Å². The highest BCUT2D eigenvalue weighted by Crippen LogP contribution is 2.29. The quantitative estimate of drug-likeness (QED) is 0.868. The normalized spacial score (nSPS) is 21.7. The molecule has 108 valence electrons. The Morgan fingerprint density at radius 3 is 2.70 bits per heavy atom. The van der Waals surface area contributed by atoms with E-state index in [2.05, 4.69) is 15.2 Å². The fourth-order valence-electron chi connectivity index (χ4n) is 2.45. The molecule has 6 nitrogen and oxygen atoms in total. The van der Waals surface area contributed by atoms with Crippen molar-refractivity contribution in [3.8, 4) is 0 Å². The first kappa shape index (κ1) is 13.5. The Morgan fingerprint density at radius 2 is 1.90 bits per heavy atom. The van der Waals surface area contributed by atoms with E-state index in [9.17, 15) is 8.42 Å². The van der Waals surface area contributed by atoms with Crippen molar-refractivity contribution in [1.82, 2.24) is 14.5 Å². The summed E-state index contributed by atoms with van der Waals surface area (Å²) in [6.07, 6.45) is 1.43. The number of fused-ring (bicyclic) bond motifs is 1. The van der Waals surface area contributed by atoms with Gasteiger partial charge in [0.1, 0.15) is 11.2 Å². The standard InChI is InChI=1S/C13H18N4O2S/c18-20(19)13-4-2-1-3-12(13)15-11-17(20)10-9-16-7-5-14-6-8-16/h1-4,11,14H,5-10H2. The number of rotatable bonds is 3. The zero-order valence-corrected chi connectivity index (χ0v) is 12.0. The second kappa shape index (κ2) is 5.51. The van der Waals surface area contributed by atoms with Gasteiger partial charge < -0.3 is 5.32 Å². The molecule has 0 bridgehead atoms. The lowest BCUT2D eigenvalue weighted by Gasteiger charge is -2.30. The van der Waals surface area contributed by atoms with Gasteiger partial charge in [0, 0.05) is 39.3 Å². The highest BCUT2D eigenvalue weighted by molar-refractivity contribution is 7.89. The molecule has 1 fully saturated rings. The molecule has 0 aliphatic carbocycles. The first-order valence-corrected chi connectivity index (χ1v) is 8.20. The summed E-state index contributed by atoms with van der Waals surface area (Å²) in [7, 11) is -3.44. The fraction of sp³-hybridized carbons (Fsp3) is 0.462. The molecule has 20 heavy (non-hydrogen) atoms. The van der Waals surface area contributed by atoms with Crippen LogP contribution in [0, 0.1) is 0 Å². The van der Waals surface area contributed by atoms with Crippen LogP contribution in [0.3, 0.4) is 0 Å².